The van der Waals surface area contributed by atoms with E-state index in [4.69, 9.17) is 0 Å². The molecule has 72 heavy (non-hydrogen) atoms. The lowest BCUT2D eigenvalue weighted by Crippen LogP contribution is -2.50. The van der Waals surface area contributed by atoms with Crippen LogP contribution in [0.1, 0.15) is 201 Å². The smallest absolute Gasteiger partial charge is 0.243 e. The molecule has 0 bridgehead atoms. The summed E-state index contributed by atoms with van der Waals surface area (Å²) in [6, 6.07) is 8.67. The molecular weight excluding hydrogens is 909 g/mol. The lowest BCUT2D eigenvalue weighted by atomic mass is 9.80. The number of hydrogen-bond acceptors (Lipinski definition) is 5. The fourth-order valence-corrected chi connectivity index (χ4v) is 14.4. The van der Waals surface area contributed by atoms with E-state index in [1.54, 1.807) is 22.5 Å². The van der Waals surface area contributed by atoms with Gasteiger partial charge < -0.3 is 15.1 Å². The van der Waals surface area contributed by atoms with E-state index in [2.05, 4.69) is 91.1 Å². The Bertz CT molecular complexity index is 2050. The minimum absolute atomic E-state index is 0.0420. The Kier molecular flexibility index (Phi) is 23.0. The monoisotopic (exact) mass is 1010 g/mol. The maximum atomic E-state index is 13.0. The molecule has 0 radical (unpaired) electrons. The van der Waals surface area contributed by atoms with E-state index in [9.17, 15) is 18.0 Å². The van der Waals surface area contributed by atoms with Crippen LogP contribution in [0.4, 0.5) is 0 Å². The highest BCUT2D eigenvalue weighted by atomic mass is 32.2. The van der Waals surface area contributed by atoms with E-state index in [0.29, 0.717) is 53.2 Å². The van der Waals surface area contributed by atoms with E-state index in [1.165, 1.54) is 129 Å². The third-order valence-electron chi connectivity index (χ3n) is 17.9. The zero-order valence-corrected chi connectivity index (χ0v) is 47.0. The number of aryl methyl sites for hydroxylation is 1. The molecular formula is C63H100N4O4S. The molecule has 0 saturated heterocycles. The average Bonchev–Trinajstić information content (AvgIpc) is 3.44. The maximum absolute atomic E-state index is 13.0. The van der Waals surface area contributed by atoms with Gasteiger partial charge in [0.2, 0.25) is 21.8 Å². The number of benzene rings is 1. The third-order valence-corrected chi connectivity index (χ3v) is 19.8. The summed E-state index contributed by atoms with van der Waals surface area (Å²) in [5.41, 5.74) is 0.428. The highest BCUT2D eigenvalue weighted by Crippen LogP contribution is 2.37. The number of nitrogens with one attached hydrogen (secondary N) is 1. The van der Waals surface area contributed by atoms with Gasteiger partial charge in [-0.15, -0.1) is 6.58 Å². The first-order valence-electron chi connectivity index (χ1n) is 29.4. The van der Waals surface area contributed by atoms with Crippen molar-refractivity contribution in [3.05, 3.63) is 91.1 Å². The molecule has 4 aliphatic heterocycles. The van der Waals surface area contributed by atoms with Gasteiger partial charge in [0.1, 0.15) is 0 Å². The largest absolute Gasteiger partial charge is 0.335 e. The molecule has 4 heterocycles. The molecule has 4 saturated carbocycles. The second-order valence-corrected chi connectivity index (χ2v) is 25.9. The lowest BCUT2D eigenvalue weighted by molar-refractivity contribution is -0.143. The van der Waals surface area contributed by atoms with Crippen molar-refractivity contribution in [2.24, 2.45) is 34.5 Å². The van der Waals surface area contributed by atoms with Crippen molar-refractivity contribution in [2.75, 3.05) is 26.2 Å². The topological polar surface area (TPSA) is 90.0 Å². The Morgan fingerprint density at radius 3 is 1.44 bits per heavy atom. The van der Waals surface area contributed by atoms with Crippen molar-refractivity contribution in [2.45, 2.75) is 231 Å². The summed E-state index contributed by atoms with van der Waals surface area (Å²) in [6.45, 7) is 19.6. The van der Waals surface area contributed by atoms with Gasteiger partial charge in [0, 0.05) is 37.1 Å². The summed E-state index contributed by atoms with van der Waals surface area (Å²) in [7, 11) is -3.40. The predicted molar refractivity (Wildman–Crippen MR) is 301 cm³/mol. The van der Waals surface area contributed by atoms with Crippen LogP contribution in [-0.4, -0.2) is 84.7 Å². The van der Waals surface area contributed by atoms with Crippen LogP contribution in [0.3, 0.4) is 0 Å². The number of nitrogens with zero attached hydrogens (tertiary/aromatic N) is 3. The number of carbonyl (C=O) groups excluding carboxylic acids is 2. The quantitative estimate of drug-likeness (QED) is 0.236. The highest BCUT2D eigenvalue weighted by molar-refractivity contribution is 7.89. The second-order valence-electron chi connectivity index (χ2n) is 24.0. The molecule has 1 aromatic carbocycles. The van der Waals surface area contributed by atoms with Gasteiger partial charge in [0.15, 0.2) is 0 Å². The van der Waals surface area contributed by atoms with Crippen LogP contribution in [-0.2, 0) is 19.6 Å². The van der Waals surface area contributed by atoms with E-state index in [0.717, 1.165) is 63.1 Å². The summed E-state index contributed by atoms with van der Waals surface area (Å²) < 4.78 is 27.8. The van der Waals surface area contributed by atoms with Gasteiger partial charge in [-0.25, -0.2) is 8.42 Å². The first-order valence-corrected chi connectivity index (χ1v) is 30.9. The summed E-state index contributed by atoms with van der Waals surface area (Å²) in [5, 5.41) is 3.60. The number of rotatable bonds is 10. The molecule has 4 aliphatic carbocycles. The number of hydrogen-bond donors (Lipinski definition) is 1. The van der Waals surface area contributed by atoms with Crippen molar-refractivity contribution in [1.82, 2.24) is 19.4 Å². The van der Waals surface area contributed by atoms with Crippen molar-refractivity contribution in [1.29, 1.82) is 0 Å². The molecule has 4 atom stereocenters. The van der Waals surface area contributed by atoms with E-state index in [-0.39, 0.29) is 17.4 Å². The first kappa shape index (κ1) is 58.0. The van der Waals surface area contributed by atoms with E-state index >= 15 is 0 Å². The molecule has 1 aromatic rings. The molecule has 0 spiro atoms. The van der Waals surface area contributed by atoms with Crippen molar-refractivity contribution in [3.8, 4) is 0 Å². The molecule has 9 rings (SSSR count). The van der Waals surface area contributed by atoms with Gasteiger partial charge in [0.25, 0.3) is 0 Å². The molecule has 0 unspecified atom stereocenters. The first-order chi connectivity index (χ1) is 34.7. The van der Waals surface area contributed by atoms with Crippen LogP contribution in [0, 0.1) is 41.4 Å². The van der Waals surface area contributed by atoms with Crippen molar-refractivity contribution < 1.29 is 18.0 Å². The summed E-state index contributed by atoms with van der Waals surface area (Å²) >= 11 is 0. The van der Waals surface area contributed by atoms with Crippen LogP contribution in [0.25, 0.3) is 0 Å². The van der Waals surface area contributed by atoms with Gasteiger partial charge in [0.05, 0.1) is 22.4 Å². The molecule has 1 N–H and O–H groups in total. The van der Waals surface area contributed by atoms with Gasteiger partial charge in [-0.1, -0.05) is 170 Å². The van der Waals surface area contributed by atoms with Gasteiger partial charge in [-0.3, -0.25) is 9.59 Å². The summed E-state index contributed by atoms with van der Waals surface area (Å²) in [4.78, 5) is 30.2. The summed E-state index contributed by atoms with van der Waals surface area (Å²) in [6.07, 6.45) is 51.4. The average molecular weight is 1010 g/mol. The minimum atomic E-state index is -3.40. The number of sulfonamides is 1. The Hall–Kier alpha value is -3.27. The minimum Gasteiger partial charge on any atom is -0.335 e. The zero-order chi connectivity index (χ0) is 51.6. The van der Waals surface area contributed by atoms with Gasteiger partial charge in [-0.2, -0.15) is 4.31 Å². The van der Waals surface area contributed by atoms with Gasteiger partial charge in [-0.05, 0) is 147 Å². The molecule has 9 heteroatoms. The van der Waals surface area contributed by atoms with Crippen LogP contribution in [0.2, 0.25) is 0 Å². The maximum Gasteiger partial charge on any atom is 0.243 e. The second kappa shape index (κ2) is 28.6. The molecule has 8 nitrogen and oxygen atoms in total. The standard InChI is InChI=1S/C18H25NO2S.C17H29NO.C17H27NO.C11H19N/c1-15-10-12-17(13-11-15)22(20,21)19-14-6-5-9-18(19)16-7-3-2-4-8-16;2*1-4-17(2,3)16(19)18-13-9-8-12-15(18)14-10-6-5-7-11-14;1-2-6-10(7-3-1)11-8-4-5-9-12-11/h5,9-13,16,18H,2-4,6-8,14H2,1H3;8,12,14-15H,4-7,9-11,13H2,1-3H3;4,8,12,14-15H,1,5-7,9-11,13H2,2-3H3;4,8,10-12H,1-3,5-7,9H2/t18-;2*15-;11-/m0000/s1. The Labute approximate surface area is 440 Å². The predicted octanol–water partition coefficient (Wildman–Crippen LogP) is 14.5. The molecule has 402 valence electrons. The SMILES string of the molecule is C1=C[C@@H](C2CCCCC2)NCC1.C=CC(C)(C)C(=O)N1CCC=C[C@H]1C1CCCCC1.CCC(C)(C)C(=O)N1CCC=C[C@H]1C1CCCCC1.Cc1ccc(S(=O)(=O)N2CCC=C[C@H]2C2CCCCC2)cc1. The molecule has 8 aliphatic rings. The third kappa shape index (κ3) is 16.1. The Morgan fingerprint density at radius 1 is 0.583 bits per heavy atom. The molecule has 2 amide bonds. The Balaban J connectivity index is 0.000000160. The van der Waals surface area contributed by atoms with E-state index in [1.807, 2.05) is 32.9 Å². The summed E-state index contributed by atoms with van der Waals surface area (Å²) in [5.74, 6) is 3.37. The fourth-order valence-electron chi connectivity index (χ4n) is 12.8. The fraction of sp³-hybridized carbons (Fsp3) is 0.714. The van der Waals surface area contributed by atoms with Gasteiger partial charge >= 0.3 is 0 Å². The molecule has 0 aromatic heterocycles. The lowest BCUT2D eigenvalue weighted by Gasteiger charge is -2.42. The van der Waals surface area contributed by atoms with E-state index < -0.39 is 15.4 Å². The molecule has 4 fully saturated rings. The Morgan fingerprint density at radius 2 is 1.00 bits per heavy atom. The highest BCUT2D eigenvalue weighted by Gasteiger charge is 2.39. The number of carbonyl (C=O) groups is 2. The zero-order valence-electron chi connectivity index (χ0n) is 46.2. The van der Waals surface area contributed by atoms with Crippen LogP contribution in [0.15, 0.2) is 90.4 Å². The van der Waals surface area contributed by atoms with Crippen molar-refractivity contribution in [3.63, 3.8) is 0 Å². The van der Waals surface area contributed by atoms with Crippen LogP contribution >= 0.6 is 0 Å². The number of amides is 2. The van der Waals surface area contributed by atoms with Crippen molar-refractivity contribution >= 4 is 21.8 Å². The van der Waals surface area contributed by atoms with Crippen LogP contribution in [0.5, 0.6) is 0 Å². The van der Waals surface area contributed by atoms with Crippen LogP contribution < -0.4 is 5.32 Å². The normalized spacial score (nSPS) is 26.3.